The fourth-order valence-electron chi connectivity index (χ4n) is 3.40. The van der Waals surface area contributed by atoms with E-state index in [4.69, 9.17) is 11.0 Å². The van der Waals surface area contributed by atoms with Crippen LogP contribution in [0.1, 0.15) is 27.2 Å². The number of hydrogen-bond donors (Lipinski definition) is 1. The molecule has 0 unspecified atom stereocenters. The Balaban J connectivity index is 1.95. The van der Waals surface area contributed by atoms with Gasteiger partial charge in [0.15, 0.2) is 5.82 Å². The molecule has 0 amide bonds. The molecule has 2 N–H and O–H groups in total. The molecule has 4 rings (SSSR count). The molecular formula is C23H12F4N4O. The van der Waals surface area contributed by atoms with Gasteiger partial charge >= 0.3 is 0 Å². The second-order valence-electron chi connectivity index (χ2n) is 6.70. The minimum absolute atomic E-state index is 0.104. The fourth-order valence-corrected chi connectivity index (χ4v) is 3.40. The highest BCUT2D eigenvalue weighted by atomic mass is 19.1. The molecule has 0 fully saturated rings. The first-order valence-corrected chi connectivity index (χ1v) is 9.14. The number of nitrogens with zero attached hydrogens (tertiary/aromatic N) is 3. The van der Waals surface area contributed by atoms with Crippen LogP contribution in [0.4, 0.5) is 23.4 Å². The third-order valence-electron chi connectivity index (χ3n) is 4.80. The van der Waals surface area contributed by atoms with E-state index in [2.05, 4.69) is 4.98 Å². The Bertz CT molecular complexity index is 1430. The predicted molar refractivity (Wildman–Crippen MR) is 108 cm³/mol. The Hall–Kier alpha value is -4.45. The molecule has 5 nitrogen and oxygen atoms in total. The highest BCUT2D eigenvalue weighted by Crippen LogP contribution is 2.30. The number of nitriles is 1. The number of aromatic nitrogens is 2. The van der Waals surface area contributed by atoms with Crippen molar-refractivity contribution in [1.82, 2.24) is 9.38 Å². The number of fused-ring (bicyclic) bond motifs is 1. The first-order chi connectivity index (χ1) is 15.3. The fraction of sp³-hybridized carbons (Fsp3) is 0. The molecule has 32 heavy (non-hydrogen) atoms. The molecule has 0 aliphatic carbocycles. The van der Waals surface area contributed by atoms with Crippen molar-refractivity contribution in [3.63, 3.8) is 0 Å². The van der Waals surface area contributed by atoms with Crippen LogP contribution in [0.2, 0.25) is 0 Å². The van der Waals surface area contributed by atoms with E-state index in [0.717, 1.165) is 40.8 Å². The van der Waals surface area contributed by atoms with E-state index in [1.54, 1.807) is 6.07 Å². The summed E-state index contributed by atoms with van der Waals surface area (Å²) in [5.74, 6) is -5.33. The molecule has 0 saturated heterocycles. The molecule has 0 saturated carbocycles. The quantitative estimate of drug-likeness (QED) is 0.287. The zero-order valence-corrected chi connectivity index (χ0v) is 16.1. The molecule has 2 aromatic carbocycles. The number of nitrogen functional groups attached to an aromatic ring is 1. The summed E-state index contributed by atoms with van der Waals surface area (Å²) >= 11 is 0. The number of allylic oxidation sites excluding steroid dienone is 1. The van der Waals surface area contributed by atoms with Gasteiger partial charge < -0.3 is 5.73 Å². The minimum Gasteiger partial charge on any atom is -0.382 e. The Morgan fingerprint density at radius 2 is 1.50 bits per heavy atom. The number of benzene rings is 2. The second-order valence-corrected chi connectivity index (χ2v) is 6.70. The van der Waals surface area contributed by atoms with E-state index in [1.165, 1.54) is 24.4 Å². The van der Waals surface area contributed by atoms with Crippen LogP contribution < -0.4 is 5.73 Å². The molecule has 4 aromatic rings. The number of carbonyl (C=O) groups is 1. The molecular weight excluding hydrogens is 424 g/mol. The number of rotatable bonds is 4. The number of ketones is 1. The Morgan fingerprint density at radius 1 is 0.938 bits per heavy atom. The van der Waals surface area contributed by atoms with Crippen molar-refractivity contribution < 1.29 is 22.4 Å². The first-order valence-electron chi connectivity index (χ1n) is 9.14. The summed E-state index contributed by atoms with van der Waals surface area (Å²) < 4.78 is 58.3. The molecule has 0 spiro atoms. The minimum atomic E-state index is -1.08. The summed E-state index contributed by atoms with van der Waals surface area (Å²) in [6.07, 6.45) is 2.21. The van der Waals surface area contributed by atoms with E-state index in [9.17, 15) is 22.4 Å². The third-order valence-corrected chi connectivity index (χ3v) is 4.80. The van der Waals surface area contributed by atoms with Crippen LogP contribution in [0.15, 0.2) is 60.8 Å². The van der Waals surface area contributed by atoms with Gasteiger partial charge in [-0.15, -0.1) is 0 Å². The van der Waals surface area contributed by atoms with Gasteiger partial charge in [-0.2, -0.15) is 5.26 Å². The number of pyridine rings is 1. The summed E-state index contributed by atoms with van der Waals surface area (Å²) in [5, 5.41) is 9.16. The number of nitrogens with two attached hydrogens (primary N) is 1. The topological polar surface area (TPSA) is 84.2 Å². The van der Waals surface area contributed by atoms with E-state index >= 15 is 0 Å². The number of imidazole rings is 1. The van der Waals surface area contributed by atoms with Gasteiger partial charge in [0, 0.05) is 23.4 Å². The van der Waals surface area contributed by atoms with Crippen LogP contribution in [0.3, 0.4) is 0 Å². The standard InChI is InChI=1S/C23H12F4N4O/c24-14-3-1-4-15(25)19(14)13(9-10-28)12-7-8-18-30-23(29)21(31(18)11-12)22(32)20-16(26)5-2-6-17(20)27/h1-9,11H,29H2/b13-9-. The molecule has 0 aliphatic heterocycles. The summed E-state index contributed by atoms with van der Waals surface area (Å²) in [7, 11) is 0. The van der Waals surface area contributed by atoms with Gasteiger partial charge in [0.25, 0.3) is 0 Å². The maximum absolute atomic E-state index is 14.4. The van der Waals surface area contributed by atoms with Crippen LogP contribution in [0, 0.1) is 34.6 Å². The Kier molecular flexibility index (Phi) is 5.20. The molecule has 2 heterocycles. The van der Waals surface area contributed by atoms with Gasteiger partial charge in [-0.25, -0.2) is 22.5 Å². The van der Waals surface area contributed by atoms with Gasteiger partial charge in [-0.3, -0.25) is 9.20 Å². The Morgan fingerprint density at radius 3 is 2.06 bits per heavy atom. The van der Waals surface area contributed by atoms with Crippen molar-refractivity contribution in [3.8, 4) is 6.07 Å². The average molecular weight is 436 g/mol. The zero-order chi connectivity index (χ0) is 23.0. The number of hydrogen-bond acceptors (Lipinski definition) is 4. The number of carbonyl (C=O) groups excluding carboxylic acids is 1. The second kappa shape index (κ2) is 8.00. The molecule has 0 aliphatic rings. The summed E-state index contributed by atoms with van der Waals surface area (Å²) in [4.78, 5) is 17.0. The van der Waals surface area contributed by atoms with Crippen molar-refractivity contribution in [1.29, 1.82) is 5.26 Å². The predicted octanol–water partition coefficient (Wildman–Crippen LogP) is 4.66. The molecule has 0 bridgehead atoms. The third kappa shape index (κ3) is 3.37. The van der Waals surface area contributed by atoms with Crippen LogP contribution in [-0.4, -0.2) is 15.2 Å². The Labute approximate surface area is 178 Å². The number of halogens is 4. The van der Waals surface area contributed by atoms with Crippen molar-refractivity contribution in [2.45, 2.75) is 0 Å². The molecule has 9 heteroatoms. The highest BCUT2D eigenvalue weighted by Gasteiger charge is 2.25. The lowest BCUT2D eigenvalue weighted by Gasteiger charge is -2.11. The monoisotopic (exact) mass is 436 g/mol. The van der Waals surface area contributed by atoms with Gasteiger partial charge in [0.05, 0.1) is 17.2 Å². The largest absolute Gasteiger partial charge is 0.382 e. The first kappa shape index (κ1) is 20.8. The highest BCUT2D eigenvalue weighted by molar-refractivity contribution is 6.11. The van der Waals surface area contributed by atoms with Gasteiger partial charge in [-0.1, -0.05) is 12.1 Å². The lowest BCUT2D eigenvalue weighted by molar-refractivity contribution is 0.102. The van der Waals surface area contributed by atoms with Crippen LogP contribution in [0.5, 0.6) is 0 Å². The summed E-state index contributed by atoms with van der Waals surface area (Å²) in [6.45, 7) is 0. The van der Waals surface area contributed by atoms with E-state index in [1.807, 2.05) is 0 Å². The maximum Gasteiger partial charge on any atom is 0.219 e. The van der Waals surface area contributed by atoms with Crippen molar-refractivity contribution in [3.05, 3.63) is 106 Å². The van der Waals surface area contributed by atoms with Crippen molar-refractivity contribution >= 4 is 22.8 Å². The normalized spacial score (nSPS) is 11.5. The van der Waals surface area contributed by atoms with Crippen LogP contribution in [0.25, 0.3) is 11.2 Å². The van der Waals surface area contributed by atoms with Crippen molar-refractivity contribution in [2.75, 3.05) is 5.73 Å². The molecule has 158 valence electrons. The van der Waals surface area contributed by atoms with E-state index in [-0.39, 0.29) is 28.3 Å². The lowest BCUT2D eigenvalue weighted by Crippen LogP contribution is -2.12. The number of anilines is 1. The smallest absolute Gasteiger partial charge is 0.219 e. The summed E-state index contributed by atoms with van der Waals surface area (Å²) in [5.41, 5.74) is 4.43. The SMILES string of the molecule is N#C/C=C(/c1ccc2nc(N)c(C(=O)c3c(F)cccc3F)n2c1)c1c(F)cccc1F. The molecule has 2 aromatic heterocycles. The molecule has 0 atom stereocenters. The van der Waals surface area contributed by atoms with E-state index < -0.39 is 40.2 Å². The van der Waals surface area contributed by atoms with Gasteiger partial charge in [0.1, 0.15) is 34.6 Å². The van der Waals surface area contributed by atoms with Crippen LogP contribution in [-0.2, 0) is 0 Å². The molecule has 0 radical (unpaired) electrons. The van der Waals surface area contributed by atoms with E-state index in [0.29, 0.717) is 0 Å². The maximum atomic E-state index is 14.4. The summed E-state index contributed by atoms with van der Waals surface area (Å²) in [6, 6.07) is 10.8. The van der Waals surface area contributed by atoms with Gasteiger partial charge in [-0.05, 0) is 36.4 Å². The average Bonchev–Trinajstić information content (AvgIpc) is 3.07. The van der Waals surface area contributed by atoms with Gasteiger partial charge in [0.2, 0.25) is 5.78 Å². The lowest BCUT2D eigenvalue weighted by atomic mass is 9.98. The zero-order valence-electron chi connectivity index (χ0n) is 16.1. The van der Waals surface area contributed by atoms with Crippen LogP contribution >= 0.6 is 0 Å². The van der Waals surface area contributed by atoms with Crippen molar-refractivity contribution in [2.24, 2.45) is 0 Å².